The number of nitro groups is 1. The minimum atomic E-state index is -0.472. The van der Waals surface area contributed by atoms with Crippen LogP contribution in [0.25, 0.3) is 6.08 Å². The van der Waals surface area contributed by atoms with Gasteiger partial charge in [0.25, 0.3) is 5.69 Å². The van der Waals surface area contributed by atoms with Gasteiger partial charge in [0.05, 0.1) is 10.5 Å². The standard InChI is InChI=1S/C10H9NO3/c1-8(12)6-7-9-4-2-3-5-10(9)11(13)14/h2-7H,1H3. The number of nitrogens with zero attached hydrogens (tertiary/aromatic N) is 1. The lowest BCUT2D eigenvalue weighted by Crippen LogP contribution is -1.91. The van der Waals surface area contributed by atoms with Crippen molar-refractivity contribution in [1.82, 2.24) is 0 Å². The molecular formula is C10H9NO3. The van der Waals surface area contributed by atoms with Gasteiger partial charge in [0.2, 0.25) is 0 Å². The number of ketones is 1. The number of hydrogen-bond donors (Lipinski definition) is 0. The van der Waals surface area contributed by atoms with Crippen LogP contribution in [0.15, 0.2) is 30.3 Å². The van der Waals surface area contributed by atoms with Crippen LogP contribution in [0.4, 0.5) is 5.69 Å². The number of allylic oxidation sites excluding steroid dienone is 1. The molecule has 0 aliphatic carbocycles. The van der Waals surface area contributed by atoms with Crippen LogP contribution in [0.1, 0.15) is 12.5 Å². The van der Waals surface area contributed by atoms with Crippen molar-refractivity contribution in [3.05, 3.63) is 46.0 Å². The molecule has 14 heavy (non-hydrogen) atoms. The Morgan fingerprint density at radius 1 is 1.43 bits per heavy atom. The summed E-state index contributed by atoms with van der Waals surface area (Å²) in [6.07, 6.45) is 2.75. The van der Waals surface area contributed by atoms with Gasteiger partial charge in [-0.3, -0.25) is 14.9 Å². The zero-order valence-corrected chi connectivity index (χ0v) is 7.64. The van der Waals surface area contributed by atoms with Crippen molar-refractivity contribution in [2.45, 2.75) is 6.92 Å². The Bertz CT molecular complexity index is 396. The maximum absolute atomic E-state index is 10.6. The molecule has 1 aromatic rings. The van der Waals surface area contributed by atoms with Crippen molar-refractivity contribution in [2.75, 3.05) is 0 Å². The van der Waals surface area contributed by atoms with E-state index in [9.17, 15) is 14.9 Å². The van der Waals surface area contributed by atoms with Crippen LogP contribution in [0.2, 0.25) is 0 Å². The molecule has 0 fully saturated rings. The largest absolute Gasteiger partial charge is 0.295 e. The monoisotopic (exact) mass is 191 g/mol. The van der Waals surface area contributed by atoms with Crippen LogP contribution >= 0.6 is 0 Å². The van der Waals surface area contributed by atoms with Gasteiger partial charge < -0.3 is 0 Å². The van der Waals surface area contributed by atoms with Crippen molar-refractivity contribution >= 4 is 17.5 Å². The molecule has 0 aliphatic rings. The van der Waals surface area contributed by atoms with Crippen molar-refractivity contribution in [3.8, 4) is 0 Å². The molecular weight excluding hydrogens is 182 g/mol. The Hall–Kier alpha value is -1.97. The average Bonchev–Trinajstić information content (AvgIpc) is 2.15. The summed E-state index contributed by atoms with van der Waals surface area (Å²) < 4.78 is 0. The lowest BCUT2D eigenvalue weighted by atomic mass is 10.1. The molecule has 1 rings (SSSR count). The maximum Gasteiger partial charge on any atom is 0.276 e. The molecule has 0 spiro atoms. The first-order chi connectivity index (χ1) is 6.61. The van der Waals surface area contributed by atoms with E-state index in [-0.39, 0.29) is 11.5 Å². The quantitative estimate of drug-likeness (QED) is 0.418. The number of nitro benzene ring substituents is 1. The predicted molar refractivity (Wildman–Crippen MR) is 52.8 cm³/mol. The predicted octanol–water partition coefficient (Wildman–Crippen LogP) is 2.20. The Morgan fingerprint density at radius 3 is 2.64 bits per heavy atom. The highest BCUT2D eigenvalue weighted by Gasteiger charge is 2.08. The van der Waals surface area contributed by atoms with Gasteiger partial charge in [-0.2, -0.15) is 0 Å². The molecule has 0 amide bonds. The Kier molecular flexibility index (Phi) is 3.12. The van der Waals surface area contributed by atoms with Gasteiger partial charge >= 0.3 is 0 Å². The Labute approximate surface area is 81.0 Å². The van der Waals surface area contributed by atoms with Crippen LogP contribution in [0.5, 0.6) is 0 Å². The average molecular weight is 191 g/mol. The van der Waals surface area contributed by atoms with Crippen molar-refractivity contribution in [1.29, 1.82) is 0 Å². The molecule has 0 aliphatic heterocycles. The summed E-state index contributed by atoms with van der Waals surface area (Å²) in [5, 5.41) is 10.6. The first kappa shape index (κ1) is 10.1. The second-order valence-electron chi connectivity index (χ2n) is 2.76. The van der Waals surface area contributed by atoms with Crippen LogP contribution in [0.3, 0.4) is 0 Å². The molecule has 1 aromatic carbocycles. The molecule has 72 valence electrons. The van der Waals surface area contributed by atoms with E-state index in [0.29, 0.717) is 5.56 Å². The second-order valence-corrected chi connectivity index (χ2v) is 2.76. The van der Waals surface area contributed by atoms with Gasteiger partial charge in [0.1, 0.15) is 0 Å². The SMILES string of the molecule is CC(=O)C=Cc1ccccc1[N+](=O)[O-]. The van der Waals surface area contributed by atoms with Crippen LogP contribution in [-0.4, -0.2) is 10.7 Å². The zero-order chi connectivity index (χ0) is 10.6. The smallest absolute Gasteiger partial charge is 0.276 e. The number of benzene rings is 1. The third-order valence-corrected chi connectivity index (χ3v) is 1.63. The molecule has 0 radical (unpaired) electrons. The fourth-order valence-corrected chi connectivity index (χ4v) is 1.00. The number of rotatable bonds is 3. The van der Waals surface area contributed by atoms with Crippen molar-refractivity contribution in [2.24, 2.45) is 0 Å². The van der Waals surface area contributed by atoms with Gasteiger partial charge in [-0.25, -0.2) is 0 Å². The normalized spacial score (nSPS) is 10.4. The maximum atomic E-state index is 10.6. The minimum Gasteiger partial charge on any atom is -0.295 e. The third kappa shape index (κ3) is 2.52. The van der Waals surface area contributed by atoms with Gasteiger partial charge in [-0.1, -0.05) is 12.1 Å². The molecule has 0 bridgehead atoms. The van der Waals surface area contributed by atoms with E-state index in [4.69, 9.17) is 0 Å². The lowest BCUT2D eigenvalue weighted by Gasteiger charge is -1.95. The molecule has 0 saturated carbocycles. The Morgan fingerprint density at radius 2 is 2.07 bits per heavy atom. The van der Waals surface area contributed by atoms with Crippen LogP contribution in [0, 0.1) is 10.1 Å². The van der Waals surface area contributed by atoms with E-state index < -0.39 is 4.92 Å². The third-order valence-electron chi connectivity index (χ3n) is 1.63. The summed E-state index contributed by atoms with van der Waals surface area (Å²) in [5.74, 6) is -0.136. The second kappa shape index (κ2) is 4.32. The molecule has 0 unspecified atom stereocenters. The number of carbonyl (C=O) groups excluding carboxylic acids is 1. The molecule has 4 heteroatoms. The summed E-state index contributed by atoms with van der Waals surface area (Å²) in [5.41, 5.74) is 0.442. The Balaban J connectivity index is 3.07. The first-order valence-electron chi connectivity index (χ1n) is 4.03. The first-order valence-corrected chi connectivity index (χ1v) is 4.03. The van der Waals surface area contributed by atoms with Crippen LogP contribution < -0.4 is 0 Å². The molecule has 0 atom stereocenters. The van der Waals surface area contributed by atoms with E-state index in [1.54, 1.807) is 18.2 Å². The fraction of sp³-hybridized carbons (Fsp3) is 0.100. The highest BCUT2D eigenvalue weighted by molar-refractivity contribution is 5.92. The highest BCUT2D eigenvalue weighted by atomic mass is 16.6. The minimum absolute atomic E-state index is 0.00463. The lowest BCUT2D eigenvalue weighted by molar-refractivity contribution is -0.385. The number of hydrogen-bond acceptors (Lipinski definition) is 3. The van der Waals surface area contributed by atoms with Gasteiger partial charge in [-0.05, 0) is 25.1 Å². The summed E-state index contributed by atoms with van der Waals surface area (Å²) in [6, 6.07) is 6.27. The van der Waals surface area contributed by atoms with E-state index in [1.165, 1.54) is 25.1 Å². The molecule has 0 N–H and O–H groups in total. The zero-order valence-electron chi connectivity index (χ0n) is 7.64. The topological polar surface area (TPSA) is 60.2 Å². The number of para-hydroxylation sites is 1. The van der Waals surface area contributed by atoms with Crippen molar-refractivity contribution in [3.63, 3.8) is 0 Å². The fourth-order valence-electron chi connectivity index (χ4n) is 1.00. The molecule has 0 aromatic heterocycles. The van der Waals surface area contributed by atoms with E-state index in [0.717, 1.165) is 0 Å². The van der Waals surface area contributed by atoms with Crippen LogP contribution in [-0.2, 0) is 4.79 Å². The summed E-state index contributed by atoms with van der Waals surface area (Å²) >= 11 is 0. The molecule has 4 nitrogen and oxygen atoms in total. The molecule has 0 heterocycles. The molecule has 0 saturated heterocycles. The van der Waals surface area contributed by atoms with Gasteiger partial charge in [0.15, 0.2) is 5.78 Å². The highest BCUT2D eigenvalue weighted by Crippen LogP contribution is 2.18. The van der Waals surface area contributed by atoms with Gasteiger partial charge in [0, 0.05) is 6.07 Å². The van der Waals surface area contributed by atoms with E-state index >= 15 is 0 Å². The van der Waals surface area contributed by atoms with Crippen molar-refractivity contribution < 1.29 is 9.72 Å². The number of carbonyl (C=O) groups is 1. The van der Waals surface area contributed by atoms with E-state index in [2.05, 4.69) is 0 Å². The summed E-state index contributed by atoms with van der Waals surface area (Å²) in [4.78, 5) is 20.7. The summed E-state index contributed by atoms with van der Waals surface area (Å²) in [7, 11) is 0. The summed E-state index contributed by atoms with van der Waals surface area (Å²) in [6.45, 7) is 1.39. The van der Waals surface area contributed by atoms with E-state index in [1.807, 2.05) is 0 Å². The van der Waals surface area contributed by atoms with Gasteiger partial charge in [-0.15, -0.1) is 0 Å².